The molecule has 1 aromatic carbocycles. The van der Waals surface area contributed by atoms with E-state index in [-0.39, 0.29) is 11.5 Å². The number of benzene rings is 1. The summed E-state index contributed by atoms with van der Waals surface area (Å²) < 4.78 is 1.80. The van der Waals surface area contributed by atoms with Crippen molar-refractivity contribution in [2.45, 2.75) is 19.9 Å². The van der Waals surface area contributed by atoms with Gasteiger partial charge in [-0.05, 0) is 42.7 Å². The molecule has 6 nitrogen and oxygen atoms in total. The maximum absolute atomic E-state index is 12.9. The van der Waals surface area contributed by atoms with Gasteiger partial charge in [-0.3, -0.25) is 9.48 Å². The topological polar surface area (TPSA) is 75.4 Å². The maximum Gasteiger partial charge on any atom is 0.335 e. The molecule has 3 heterocycles. The van der Waals surface area contributed by atoms with E-state index in [4.69, 9.17) is 5.11 Å². The first-order valence-electron chi connectivity index (χ1n) is 8.01. The molecule has 0 radical (unpaired) electrons. The van der Waals surface area contributed by atoms with Crippen LogP contribution in [-0.2, 0) is 20.0 Å². The second kappa shape index (κ2) is 5.70. The van der Waals surface area contributed by atoms with Gasteiger partial charge in [0.15, 0.2) is 0 Å². The van der Waals surface area contributed by atoms with Gasteiger partial charge in [0, 0.05) is 25.5 Å². The van der Waals surface area contributed by atoms with Crippen molar-refractivity contribution in [1.82, 2.24) is 14.7 Å². The van der Waals surface area contributed by atoms with Crippen LogP contribution in [0.15, 0.2) is 24.3 Å². The van der Waals surface area contributed by atoms with E-state index in [1.165, 1.54) is 11.3 Å². The monoisotopic (exact) mass is 355 g/mol. The Labute approximate surface area is 148 Å². The molecule has 1 aliphatic heterocycles. The lowest BCUT2D eigenvalue weighted by molar-refractivity contribution is 0.0696. The number of hydrogen-bond acceptors (Lipinski definition) is 4. The van der Waals surface area contributed by atoms with Crippen LogP contribution in [0.5, 0.6) is 0 Å². The summed E-state index contributed by atoms with van der Waals surface area (Å²) in [6.45, 7) is 3.03. The zero-order valence-electron chi connectivity index (χ0n) is 13.9. The van der Waals surface area contributed by atoms with Gasteiger partial charge in [0.25, 0.3) is 5.91 Å². The predicted octanol–water partition coefficient (Wildman–Crippen LogP) is 2.84. The van der Waals surface area contributed by atoms with Crippen LogP contribution < -0.4 is 0 Å². The van der Waals surface area contributed by atoms with Gasteiger partial charge in [0.1, 0.15) is 4.83 Å². The number of carboxylic acids is 1. The highest BCUT2D eigenvalue weighted by Gasteiger charge is 2.25. The first-order valence-corrected chi connectivity index (χ1v) is 8.83. The van der Waals surface area contributed by atoms with Crippen LogP contribution in [0, 0.1) is 6.92 Å². The van der Waals surface area contributed by atoms with Gasteiger partial charge in [-0.2, -0.15) is 5.10 Å². The van der Waals surface area contributed by atoms with E-state index in [2.05, 4.69) is 5.10 Å². The van der Waals surface area contributed by atoms with Crippen LogP contribution in [0.4, 0.5) is 0 Å². The van der Waals surface area contributed by atoms with Crippen LogP contribution in [0.25, 0.3) is 10.2 Å². The highest BCUT2D eigenvalue weighted by molar-refractivity contribution is 7.20. The molecule has 1 amide bonds. The summed E-state index contributed by atoms with van der Waals surface area (Å²) in [6.07, 6.45) is 0.743. The molecular weight excluding hydrogens is 338 g/mol. The van der Waals surface area contributed by atoms with Gasteiger partial charge in [0.2, 0.25) is 0 Å². The number of aromatic carboxylic acids is 1. The Hall–Kier alpha value is -2.67. The molecule has 0 bridgehead atoms. The number of aromatic nitrogens is 2. The summed E-state index contributed by atoms with van der Waals surface area (Å²) >= 11 is 1.45. The van der Waals surface area contributed by atoms with Crippen LogP contribution in [0.3, 0.4) is 0 Å². The molecule has 0 atom stereocenters. The number of carboxylic acid groups (broad SMARTS) is 1. The van der Waals surface area contributed by atoms with Crippen molar-refractivity contribution in [3.8, 4) is 0 Å². The maximum atomic E-state index is 12.9. The number of rotatable bonds is 2. The lowest BCUT2D eigenvalue weighted by Gasteiger charge is -2.28. The molecule has 1 N–H and O–H groups in total. The lowest BCUT2D eigenvalue weighted by Crippen LogP contribution is -2.35. The largest absolute Gasteiger partial charge is 0.478 e. The Bertz CT molecular complexity index is 984. The number of hydrogen-bond donors (Lipinski definition) is 1. The minimum atomic E-state index is -0.946. The quantitative estimate of drug-likeness (QED) is 0.767. The molecule has 1 aliphatic rings. The predicted molar refractivity (Wildman–Crippen MR) is 95.2 cm³/mol. The van der Waals surface area contributed by atoms with Crippen molar-refractivity contribution in [3.05, 3.63) is 51.5 Å². The number of thiophene rings is 1. The van der Waals surface area contributed by atoms with Gasteiger partial charge >= 0.3 is 5.97 Å². The van der Waals surface area contributed by atoms with Crippen LogP contribution >= 0.6 is 11.3 Å². The molecule has 0 unspecified atom stereocenters. The summed E-state index contributed by atoms with van der Waals surface area (Å²) in [4.78, 5) is 27.6. The van der Waals surface area contributed by atoms with E-state index < -0.39 is 5.97 Å². The molecular formula is C18H17N3O3S. The molecule has 3 aromatic rings. The normalized spacial score (nSPS) is 13.9. The van der Waals surface area contributed by atoms with E-state index in [0.29, 0.717) is 18.0 Å². The van der Waals surface area contributed by atoms with E-state index in [0.717, 1.165) is 33.5 Å². The third-order valence-electron chi connectivity index (χ3n) is 4.66. The first-order chi connectivity index (χ1) is 11.9. The summed E-state index contributed by atoms with van der Waals surface area (Å²) in [6, 6.07) is 7.07. The molecule has 2 aromatic heterocycles. The summed E-state index contributed by atoms with van der Waals surface area (Å²) in [5.41, 5.74) is 3.21. The van der Waals surface area contributed by atoms with Gasteiger partial charge in [0.05, 0.1) is 16.1 Å². The second-order valence-corrected chi connectivity index (χ2v) is 7.33. The zero-order chi connectivity index (χ0) is 17.7. The van der Waals surface area contributed by atoms with E-state index >= 15 is 0 Å². The molecule has 25 heavy (non-hydrogen) atoms. The average Bonchev–Trinajstić information content (AvgIpc) is 3.15. The molecule has 0 fully saturated rings. The van der Waals surface area contributed by atoms with Crippen LogP contribution in [-0.4, -0.2) is 38.2 Å². The van der Waals surface area contributed by atoms with E-state index in [1.54, 1.807) is 21.7 Å². The summed E-state index contributed by atoms with van der Waals surface area (Å²) in [5.74, 6) is -0.953. The summed E-state index contributed by atoms with van der Waals surface area (Å²) in [5, 5.41) is 14.5. The van der Waals surface area contributed by atoms with E-state index in [1.807, 2.05) is 26.1 Å². The lowest BCUT2D eigenvalue weighted by atomic mass is 9.97. The van der Waals surface area contributed by atoms with Gasteiger partial charge in [-0.1, -0.05) is 6.07 Å². The zero-order valence-corrected chi connectivity index (χ0v) is 14.8. The van der Waals surface area contributed by atoms with Crippen molar-refractivity contribution in [3.63, 3.8) is 0 Å². The number of nitrogens with zero attached hydrogens (tertiary/aromatic N) is 3. The Kier molecular flexibility index (Phi) is 3.61. The number of carbonyl (C=O) groups is 2. The van der Waals surface area contributed by atoms with Gasteiger partial charge in [-0.25, -0.2) is 4.79 Å². The van der Waals surface area contributed by atoms with Crippen molar-refractivity contribution >= 4 is 33.4 Å². The Balaban J connectivity index is 1.63. The minimum absolute atomic E-state index is 0.00743. The fourth-order valence-electron chi connectivity index (χ4n) is 3.33. The van der Waals surface area contributed by atoms with Crippen LogP contribution in [0.2, 0.25) is 0 Å². The van der Waals surface area contributed by atoms with Crippen molar-refractivity contribution in [2.24, 2.45) is 7.05 Å². The molecule has 0 spiro atoms. The first kappa shape index (κ1) is 15.8. The molecule has 128 valence electrons. The van der Waals surface area contributed by atoms with Gasteiger partial charge in [-0.15, -0.1) is 11.3 Å². The standard InChI is InChI=1S/C18H17N3O3S/c1-10-14-8-15(25-17(14)20(2)19-10)16(22)21-6-5-11-3-4-12(18(23)24)7-13(11)9-21/h3-4,7-8H,5-6,9H2,1-2H3,(H,23,24). The van der Waals surface area contributed by atoms with Crippen molar-refractivity contribution < 1.29 is 14.7 Å². The minimum Gasteiger partial charge on any atom is -0.478 e. The highest BCUT2D eigenvalue weighted by Crippen LogP contribution is 2.30. The number of aryl methyl sites for hydroxylation is 2. The molecule has 0 saturated carbocycles. The third kappa shape index (κ3) is 2.60. The second-order valence-electron chi connectivity index (χ2n) is 6.30. The molecule has 0 saturated heterocycles. The highest BCUT2D eigenvalue weighted by atomic mass is 32.1. The Morgan fingerprint density at radius 3 is 2.76 bits per heavy atom. The summed E-state index contributed by atoms with van der Waals surface area (Å²) in [7, 11) is 1.88. The number of amides is 1. The smallest absolute Gasteiger partial charge is 0.335 e. The molecule has 7 heteroatoms. The number of carbonyl (C=O) groups excluding carboxylic acids is 1. The molecule has 0 aliphatic carbocycles. The van der Waals surface area contributed by atoms with Gasteiger partial charge < -0.3 is 10.0 Å². The third-order valence-corrected chi connectivity index (χ3v) is 5.85. The van der Waals surface area contributed by atoms with Crippen molar-refractivity contribution in [1.29, 1.82) is 0 Å². The SMILES string of the molecule is Cc1nn(C)c2sc(C(=O)N3CCc4ccc(C(=O)O)cc4C3)cc12. The fourth-order valence-corrected chi connectivity index (χ4v) is 4.42. The fraction of sp³-hybridized carbons (Fsp3) is 0.278. The van der Waals surface area contributed by atoms with E-state index in [9.17, 15) is 9.59 Å². The van der Waals surface area contributed by atoms with Crippen molar-refractivity contribution in [2.75, 3.05) is 6.54 Å². The van der Waals surface area contributed by atoms with Crippen LogP contribution in [0.1, 0.15) is 36.9 Å². The average molecular weight is 355 g/mol. The molecule has 4 rings (SSSR count). The number of fused-ring (bicyclic) bond motifs is 2. The Morgan fingerprint density at radius 1 is 1.24 bits per heavy atom. The Morgan fingerprint density at radius 2 is 2.04 bits per heavy atom.